The molecule has 25 heavy (non-hydrogen) atoms. The molecule has 0 spiro atoms. The van der Waals surface area contributed by atoms with Crippen molar-refractivity contribution in [3.8, 4) is 0 Å². The lowest BCUT2D eigenvalue weighted by atomic mass is 10.0. The van der Waals surface area contributed by atoms with Crippen molar-refractivity contribution >= 4 is 22.6 Å². The fourth-order valence-electron chi connectivity index (χ4n) is 3.41. The van der Waals surface area contributed by atoms with E-state index in [0.717, 1.165) is 42.7 Å². The maximum atomic E-state index is 12.8. The van der Waals surface area contributed by atoms with Gasteiger partial charge in [-0.25, -0.2) is 9.97 Å². The number of nitrogens with zero attached hydrogens (tertiary/aromatic N) is 5. The number of nitrogens with one attached hydrogen (secondary N) is 1. The maximum absolute atomic E-state index is 12.8. The zero-order valence-electron chi connectivity index (χ0n) is 14.1. The zero-order chi connectivity index (χ0) is 17.2. The number of hydrogen-bond donors (Lipinski definition) is 1. The molecule has 1 saturated heterocycles. The highest BCUT2D eigenvalue weighted by Crippen LogP contribution is 2.23. The van der Waals surface area contributed by atoms with Gasteiger partial charge in [-0.2, -0.15) is 5.10 Å². The number of anilines is 1. The number of amides is 1. The molecular formula is C18H20N6O. The van der Waals surface area contributed by atoms with E-state index in [1.807, 2.05) is 42.3 Å². The number of carbonyl (C=O) groups is 1. The average Bonchev–Trinajstić information content (AvgIpc) is 3.12. The van der Waals surface area contributed by atoms with E-state index < -0.39 is 0 Å². The molecule has 3 aromatic rings. The lowest BCUT2D eigenvalue weighted by Crippen LogP contribution is -2.46. The molecule has 2 aromatic heterocycles. The van der Waals surface area contributed by atoms with Crippen molar-refractivity contribution in [2.24, 2.45) is 0 Å². The van der Waals surface area contributed by atoms with E-state index in [1.165, 1.54) is 0 Å². The molecule has 1 fully saturated rings. The summed E-state index contributed by atoms with van der Waals surface area (Å²) in [6, 6.07) is 10.0. The van der Waals surface area contributed by atoms with Gasteiger partial charge in [0, 0.05) is 37.8 Å². The van der Waals surface area contributed by atoms with Crippen molar-refractivity contribution in [2.45, 2.75) is 18.9 Å². The summed E-state index contributed by atoms with van der Waals surface area (Å²) in [5.41, 5.74) is 1.41. The summed E-state index contributed by atoms with van der Waals surface area (Å²) in [7, 11) is 2.05. The highest BCUT2D eigenvalue weighted by molar-refractivity contribution is 6.04. The number of piperidine rings is 1. The number of para-hydroxylation sites is 1. The summed E-state index contributed by atoms with van der Waals surface area (Å²) in [4.78, 5) is 25.2. The minimum absolute atomic E-state index is 0.000546. The first-order valence-electron chi connectivity index (χ1n) is 8.45. The second-order valence-corrected chi connectivity index (χ2v) is 6.32. The van der Waals surface area contributed by atoms with Gasteiger partial charge < -0.3 is 9.80 Å². The number of likely N-dealkylation sites (tertiary alicyclic amines) is 1. The smallest absolute Gasteiger partial charge is 0.274 e. The third-order valence-electron chi connectivity index (χ3n) is 4.90. The molecule has 7 heteroatoms. The number of rotatable bonds is 3. The summed E-state index contributed by atoms with van der Waals surface area (Å²) >= 11 is 0. The second-order valence-electron chi connectivity index (χ2n) is 6.32. The Kier molecular flexibility index (Phi) is 4.05. The second kappa shape index (κ2) is 6.51. The van der Waals surface area contributed by atoms with Gasteiger partial charge in [0.1, 0.15) is 12.1 Å². The summed E-state index contributed by atoms with van der Waals surface area (Å²) < 4.78 is 0. The van der Waals surface area contributed by atoms with Gasteiger partial charge in [-0.1, -0.05) is 18.2 Å². The first kappa shape index (κ1) is 15.6. The quantitative estimate of drug-likeness (QED) is 0.792. The van der Waals surface area contributed by atoms with Crippen molar-refractivity contribution in [1.82, 2.24) is 25.1 Å². The van der Waals surface area contributed by atoms with Crippen LogP contribution in [-0.2, 0) is 0 Å². The molecule has 0 saturated carbocycles. The van der Waals surface area contributed by atoms with Crippen LogP contribution < -0.4 is 4.90 Å². The molecular weight excluding hydrogens is 316 g/mol. The first-order valence-corrected chi connectivity index (χ1v) is 8.45. The van der Waals surface area contributed by atoms with E-state index in [0.29, 0.717) is 11.7 Å². The Balaban J connectivity index is 1.44. The summed E-state index contributed by atoms with van der Waals surface area (Å²) in [5, 5.41) is 8.05. The van der Waals surface area contributed by atoms with Crippen LogP contribution in [-0.4, -0.2) is 57.2 Å². The number of fused-ring (bicyclic) bond motifs is 1. The fourth-order valence-corrected chi connectivity index (χ4v) is 3.41. The SMILES string of the molecule is CN(c1ccncn1)C1CCN(C(=O)c2n[nH]c3ccccc23)CC1. The van der Waals surface area contributed by atoms with Crippen LogP contribution in [0.25, 0.3) is 10.9 Å². The Morgan fingerprint density at radius 3 is 2.80 bits per heavy atom. The minimum atomic E-state index is 0.000546. The molecule has 1 aliphatic rings. The van der Waals surface area contributed by atoms with E-state index in [4.69, 9.17) is 0 Å². The van der Waals surface area contributed by atoms with Crippen molar-refractivity contribution in [3.05, 3.63) is 48.5 Å². The molecule has 4 rings (SSSR count). The molecule has 3 heterocycles. The summed E-state index contributed by atoms with van der Waals surface area (Å²) in [6.07, 6.45) is 5.14. The average molecular weight is 336 g/mol. The molecule has 0 radical (unpaired) electrons. The van der Waals surface area contributed by atoms with Crippen LogP contribution in [0.2, 0.25) is 0 Å². The van der Waals surface area contributed by atoms with Crippen LogP contribution in [0.4, 0.5) is 5.82 Å². The Labute approximate surface area is 145 Å². The van der Waals surface area contributed by atoms with Crippen molar-refractivity contribution in [2.75, 3.05) is 25.0 Å². The Morgan fingerprint density at radius 1 is 1.24 bits per heavy atom. The van der Waals surface area contributed by atoms with Crippen LogP contribution in [0, 0.1) is 0 Å². The molecule has 0 unspecified atom stereocenters. The van der Waals surface area contributed by atoms with Crippen LogP contribution >= 0.6 is 0 Å². The monoisotopic (exact) mass is 336 g/mol. The summed E-state index contributed by atoms with van der Waals surface area (Å²) in [5.74, 6) is 0.915. The number of carbonyl (C=O) groups excluding carboxylic acids is 1. The molecule has 0 bridgehead atoms. The van der Waals surface area contributed by atoms with Crippen LogP contribution in [0.5, 0.6) is 0 Å². The van der Waals surface area contributed by atoms with Gasteiger partial charge in [0.05, 0.1) is 5.52 Å². The van der Waals surface area contributed by atoms with Gasteiger partial charge in [-0.05, 0) is 25.0 Å². The van der Waals surface area contributed by atoms with E-state index in [2.05, 4.69) is 25.1 Å². The Morgan fingerprint density at radius 2 is 2.04 bits per heavy atom. The topological polar surface area (TPSA) is 78.0 Å². The number of H-pyrrole nitrogens is 1. The van der Waals surface area contributed by atoms with Gasteiger partial charge in [0.15, 0.2) is 5.69 Å². The molecule has 1 aliphatic heterocycles. The molecule has 1 amide bonds. The third kappa shape index (κ3) is 2.93. The van der Waals surface area contributed by atoms with Gasteiger partial charge in [0.25, 0.3) is 5.91 Å². The van der Waals surface area contributed by atoms with Gasteiger partial charge in [-0.15, -0.1) is 0 Å². The lowest BCUT2D eigenvalue weighted by Gasteiger charge is -2.37. The number of hydrogen-bond acceptors (Lipinski definition) is 5. The molecule has 1 aromatic carbocycles. The third-order valence-corrected chi connectivity index (χ3v) is 4.90. The maximum Gasteiger partial charge on any atom is 0.274 e. The van der Waals surface area contributed by atoms with E-state index in [9.17, 15) is 4.79 Å². The molecule has 7 nitrogen and oxygen atoms in total. The number of aromatic nitrogens is 4. The standard InChI is InChI=1S/C18H20N6O/c1-23(16-6-9-19-12-20-16)13-7-10-24(11-8-13)18(25)17-14-4-2-3-5-15(14)21-22-17/h2-6,9,12-13H,7-8,10-11H2,1H3,(H,21,22). The van der Waals surface area contributed by atoms with Gasteiger partial charge >= 0.3 is 0 Å². The van der Waals surface area contributed by atoms with Crippen molar-refractivity contribution in [3.63, 3.8) is 0 Å². The lowest BCUT2D eigenvalue weighted by molar-refractivity contribution is 0.0709. The van der Waals surface area contributed by atoms with E-state index in [1.54, 1.807) is 12.5 Å². The van der Waals surface area contributed by atoms with Crippen molar-refractivity contribution < 1.29 is 4.79 Å². The Bertz CT molecular complexity index is 869. The minimum Gasteiger partial charge on any atom is -0.356 e. The van der Waals surface area contributed by atoms with Gasteiger partial charge in [0.2, 0.25) is 0 Å². The van der Waals surface area contributed by atoms with Crippen LogP contribution in [0.1, 0.15) is 23.3 Å². The van der Waals surface area contributed by atoms with E-state index >= 15 is 0 Å². The largest absolute Gasteiger partial charge is 0.356 e. The Hall–Kier alpha value is -2.96. The first-order chi connectivity index (χ1) is 12.2. The predicted molar refractivity (Wildman–Crippen MR) is 95.5 cm³/mol. The van der Waals surface area contributed by atoms with Crippen LogP contribution in [0.15, 0.2) is 42.9 Å². The predicted octanol–water partition coefficient (Wildman–Crippen LogP) is 2.09. The highest BCUT2D eigenvalue weighted by Gasteiger charge is 2.28. The van der Waals surface area contributed by atoms with Crippen molar-refractivity contribution in [1.29, 1.82) is 0 Å². The van der Waals surface area contributed by atoms with E-state index in [-0.39, 0.29) is 5.91 Å². The normalized spacial score (nSPS) is 15.5. The highest BCUT2D eigenvalue weighted by atomic mass is 16.2. The molecule has 128 valence electrons. The molecule has 0 aliphatic carbocycles. The number of benzene rings is 1. The van der Waals surface area contributed by atoms with Crippen LogP contribution in [0.3, 0.4) is 0 Å². The van der Waals surface area contributed by atoms with Gasteiger partial charge in [-0.3, -0.25) is 9.89 Å². The number of aromatic amines is 1. The zero-order valence-corrected chi connectivity index (χ0v) is 14.1. The summed E-state index contributed by atoms with van der Waals surface area (Å²) in [6.45, 7) is 1.44. The molecule has 0 atom stereocenters. The molecule has 1 N–H and O–H groups in total. The fraction of sp³-hybridized carbons (Fsp3) is 0.333.